The van der Waals surface area contributed by atoms with Gasteiger partial charge in [0.1, 0.15) is 29.8 Å². The molecule has 1 aliphatic heterocycles. The average Bonchev–Trinajstić information content (AvgIpc) is 2.89. The highest BCUT2D eigenvalue weighted by Gasteiger charge is 2.41. The van der Waals surface area contributed by atoms with Crippen LogP contribution in [0.4, 0.5) is 14.5 Å². The van der Waals surface area contributed by atoms with E-state index >= 15 is 0 Å². The molecule has 0 amide bonds. The van der Waals surface area contributed by atoms with Crippen molar-refractivity contribution in [3.63, 3.8) is 0 Å². The number of nitriles is 1. The Kier molecular flexibility index (Phi) is 7.16. The summed E-state index contributed by atoms with van der Waals surface area (Å²) in [5.74, 6) is -1.10. The molecule has 0 bridgehead atoms. The van der Waals surface area contributed by atoms with E-state index in [1.807, 2.05) is 26.0 Å². The first-order valence-electron chi connectivity index (χ1n) is 12.6. The molecule has 198 valence electrons. The van der Waals surface area contributed by atoms with Gasteiger partial charge in [-0.1, -0.05) is 29.8 Å². The zero-order chi connectivity index (χ0) is 27.8. The molecule has 3 aromatic rings. The van der Waals surface area contributed by atoms with Crippen LogP contribution in [-0.2, 0) is 11.4 Å². The summed E-state index contributed by atoms with van der Waals surface area (Å²) in [6, 6.07) is 16.1. The molecular formula is C31H26ClF2N3O2. The summed E-state index contributed by atoms with van der Waals surface area (Å²) in [7, 11) is 0. The lowest BCUT2D eigenvalue weighted by atomic mass is 9.74. The van der Waals surface area contributed by atoms with Crippen LogP contribution in [0.1, 0.15) is 47.4 Å². The van der Waals surface area contributed by atoms with Crippen molar-refractivity contribution in [3.05, 3.63) is 116 Å². The third-order valence-electron chi connectivity index (χ3n) is 7.29. The predicted octanol–water partition coefficient (Wildman–Crippen LogP) is 7.12. The molecule has 1 aliphatic carbocycles. The average molecular weight is 546 g/mol. The molecule has 0 radical (unpaired) electrons. The maximum atomic E-state index is 14.2. The van der Waals surface area contributed by atoms with E-state index in [0.29, 0.717) is 42.0 Å². The van der Waals surface area contributed by atoms with Crippen LogP contribution in [0.25, 0.3) is 0 Å². The molecule has 0 saturated heterocycles. The van der Waals surface area contributed by atoms with Crippen molar-refractivity contribution in [2.75, 3.05) is 4.90 Å². The first-order valence-corrected chi connectivity index (χ1v) is 13.0. The first-order chi connectivity index (χ1) is 18.7. The Morgan fingerprint density at radius 3 is 2.56 bits per heavy atom. The van der Waals surface area contributed by atoms with Gasteiger partial charge < -0.3 is 10.5 Å². The van der Waals surface area contributed by atoms with E-state index in [0.717, 1.165) is 22.3 Å². The number of nitrogens with zero attached hydrogens (tertiary/aromatic N) is 2. The zero-order valence-electron chi connectivity index (χ0n) is 21.5. The summed E-state index contributed by atoms with van der Waals surface area (Å²) < 4.78 is 33.5. The van der Waals surface area contributed by atoms with Crippen LogP contribution in [0.15, 0.2) is 77.3 Å². The van der Waals surface area contributed by atoms with Gasteiger partial charge in [-0.15, -0.1) is 0 Å². The second-order valence-corrected chi connectivity index (χ2v) is 10.2. The van der Waals surface area contributed by atoms with Crippen molar-refractivity contribution < 1.29 is 18.3 Å². The van der Waals surface area contributed by atoms with Crippen molar-refractivity contribution in [1.82, 2.24) is 0 Å². The molecule has 1 atom stereocenters. The summed E-state index contributed by atoms with van der Waals surface area (Å²) in [6.07, 6.45) is 1.56. The minimum absolute atomic E-state index is 0.0567. The summed E-state index contributed by atoms with van der Waals surface area (Å²) >= 11 is 6.14. The molecule has 39 heavy (non-hydrogen) atoms. The van der Waals surface area contributed by atoms with Gasteiger partial charge in [0.2, 0.25) is 0 Å². The van der Waals surface area contributed by atoms with E-state index in [1.165, 1.54) is 30.3 Å². The second kappa shape index (κ2) is 10.5. The Morgan fingerprint density at radius 1 is 1.08 bits per heavy atom. The van der Waals surface area contributed by atoms with Gasteiger partial charge in [0.25, 0.3) is 0 Å². The van der Waals surface area contributed by atoms with E-state index in [4.69, 9.17) is 22.1 Å². The third kappa shape index (κ3) is 4.88. The molecule has 2 N–H and O–H groups in total. The molecule has 0 saturated carbocycles. The Hall–Kier alpha value is -4.15. The monoisotopic (exact) mass is 545 g/mol. The molecule has 5 nitrogen and oxygen atoms in total. The van der Waals surface area contributed by atoms with Crippen molar-refractivity contribution in [3.8, 4) is 11.8 Å². The van der Waals surface area contributed by atoms with Gasteiger partial charge in [-0.05, 0) is 85.3 Å². The topological polar surface area (TPSA) is 79.4 Å². The number of hydrogen-bond acceptors (Lipinski definition) is 5. The number of aryl methyl sites for hydroxylation is 2. The number of Topliss-reactive ketones (excluding diaryl/α,β-unsaturated/α-hetero) is 1. The van der Waals surface area contributed by atoms with Crippen LogP contribution in [0.3, 0.4) is 0 Å². The number of ether oxygens (including phenoxy) is 1. The number of halogens is 3. The lowest BCUT2D eigenvalue weighted by Gasteiger charge is -2.40. The van der Waals surface area contributed by atoms with Gasteiger partial charge in [0.05, 0.1) is 28.3 Å². The van der Waals surface area contributed by atoms with Gasteiger partial charge >= 0.3 is 0 Å². The molecule has 0 spiro atoms. The van der Waals surface area contributed by atoms with Gasteiger partial charge in [-0.2, -0.15) is 5.26 Å². The van der Waals surface area contributed by atoms with Gasteiger partial charge in [0, 0.05) is 17.7 Å². The summed E-state index contributed by atoms with van der Waals surface area (Å²) in [4.78, 5) is 15.1. The number of anilines is 1. The summed E-state index contributed by atoms with van der Waals surface area (Å²) in [5, 5.41) is 10.5. The standard InChI is InChI=1S/C31H26ClF2N3O2/c1-17-11-18(2)23(12-19(17)16-39-28-10-9-21(34)14-25(28)32)29-24(15-35)31(36)37(22-6-3-5-20(33)13-22)26-7-4-8-27(38)30(26)29/h3,5-6,9-14,29H,4,7-8,16,36H2,1-2H3. The van der Waals surface area contributed by atoms with E-state index < -0.39 is 17.6 Å². The number of carbonyl (C=O) groups excluding carboxylic acids is 1. The minimum Gasteiger partial charge on any atom is -0.487 e. The Morgan fingerprint density at radius 2 is 1.85 bits per heavy atom. The normalized spacial score (nSPS) is 17.3. The van der Waals surface area contributed by atoms with Crippen LogP contribution in [0.5, 0.6) is 5.75 Å². The maximum Gasteiger partial charge on any atom is 0.161 e. The fourth-order valence-corrected chi connectivity index (χ4v) is 5.66. The molecule has 5 rings (SSSR count). The highest BCUT2D eigenvalue weighted by Crippen LogP contribution is 2.47. The SMILES string of the molecule is Cc1cc(C)c(C2C(C#N)=C(N)N(c3cccc(F)c3)C3=C2C(=O)CCC3)cc1COc1ccc(F)cc1Cl. The van der Waals surface area contributed by atoms with E-state index in [9.17, 15) is 18.8 Å². The summed E-state index contributed by atoms with van der Waals surface area (Å²) in [6.45, 7) is 4.02. The maximum absolute atomic E-state index is 14.2. The number of benzene rings is 3. The fraction of sp³-hybridized carbons (Fsp3) is 0.226. The number of hydrogen-bond donors (Lipinski definition) is 1. The van der Waals surface area contributed by atoms with Crippen molar-refractivity contribution >= 4 is 23.1 Å². The Balaban J connectivity index is 1.62. The smallest absolute Gasteiger partial charge is 0.161 e. The molecule has 8 heteroatoms. The largest absolute Gasteiger partial charge is 0.487 e. The predicted molar refractivity (Wildman–Crippen MR) is 146 cm³/mol. The molecular weight excluding hydrogens is 520 g/mol. The lowest BCUT2D eigenvalue weighted by Crippen LogP contribution is -2.39. The molecule has 0 aromatic heterocycles. The summed E-state index contributed by atoms with van der Waals surface area (Å²) in [5.41, 5.74) is 12.0. The number of carbonyl (C=O) groups is 1. The number of rotatable bonds is 5. The van der Waals surface area contributed by atoms with Crippen molar-refractivity contribution in [2.24, 2.45) is 5.73 Å². The van der Waals surface area contributed by atoms with E-state index in [-0.39, 0.29) is 28.8 Å². The minimum atomic E-state index is -0.670. The number of allylic oxidation sites excluding steroid dienone is 3. The van der Waals surface area contributed by atoms with Gasteiger partial charge in [-0.3, -0.25) is 9.69 Å². The van der Waals surface area contributed by atoms with Crippen LogP contribution >= 0.6 is 11.6 Å². The van der Waals surface area contributed by atoms with E-state index in [2.05, 4.69) is 6.07 Å². The first kappa shape index (κ1) is 26.5. The number of ketones is 1. The van der Waals surface area contributed by atoms with Crippen LogP contribution < -0.4 is 15.4 Å². The number of nitrogens with two attached hydrogens (primary N) is 1. The molecule has 2 aliphatic rings. The van der Waals surface area contributed by atoms with E-state index in [1.54, 1.807) is 17.0 Å². The van der Waals surface area contributed by atoms with Crippen LogP contribution in [0.2, 0.25) is 5.02 Å². The van der Waals surface area contributed by atoms with Crippen LogP contribution in [-0.4, -0.2) is 5.78 Å². The van der Waals surface area contributed by atoms with Gasteiger partial charge in [0.15, 0.2) is 5.78 Å². The fourth-order valence-electron chi connectivity index (χ4n) is 5.44. The lowest BCUT2D eigenvalue weighted by molar-refractivity contribution is -0.116. The molecule has 1 heterocycles. The molecule has 0 fully saturated rings. The molecule has 1 unspecified atom stereocenters. The van der Waals surface area contributed by atoms with Crippen molar-refractivity contribution in [2.45, 2.75) is 45.6 Å². The van der Waals surface area contributed by atoms with Crippen molar-refractivity contribution in [1.29, 1.82) is 5.26 Å². The quantitative estimate of drug-likeness (QED) is 0.369. The second-order valence-electron chi connectivity index (χ2n) is 9.79. The molecule has 3 aromatic carbocycles. The van der Waals surface area contributed by atoms with Crippen LogP contribution in [0, 0.1) is 36.8 Å². The zero-order valence-corrected chi connectivity index (χ0v) is 22.3. The van der Waals surface area contributed by atoms with Gasteiger partial charge in [-0.25, -0.2) is 8.78 Å². The third-order valence-corrected chi connectivity index (χ3v) is 7.59. The highest BCUT2D eigenvalue weighted by atomic mass is 35.5. The Bertz CT molecular complexity index is 1610. The Labute approximate surface area is 230 Å². The highest BCUT2D eigenvalue weighted by molar-refractivity contribution is 6.32.